The molecule has 0 saturated carbocycles. The van der Waals surface area contributed by atoms with Gasteiger partial charge in [0.15, 0.2) is 0 Å². The standard InChI is InChI=1S/C12H26O/c1-9(2)11(5,6)12(7,8)13-10(3)4/h9-10H,1-8H3. The molecule has 0 heterocycles. The molecule has 0 amide bonds. The monoisotopic (exact) mass is 186 g/mol. The van der Waals surface area contributed by atoms with Gasteiger partial charge in [0.1, 0.15) is 0 Å². The maximum atomic E-state index is 5.96. The van der Waals surface area contributed by atoms with Gasteiger partial charge in [-0.15, -0.1) is 0 Å². The molecular formula is C12H26O. The Kier molecular flexibility index (Phi) is 3.98. The number of hydrogen-bond acceptors (Lipinski definition) is 1. The van der Waals surface area contributed by atoms with Gasteiger partial charge < -0.3 is 4.74 Å². The van der Waals surface area contributed by atoms with Gasteiger partial charge in [0, 0.05) is 0 Å². The Balaban J connectivity index is 4.60. The van der Waals surface area contributed by atoms with Crippen LogP contribution in [0.5, 0.6) is 0 Å². The van der Waals surface area contributed by atoms with Crippen LogP contribution in [-0.2, 0) is 4.74 Å². The molecule has 0 N–H and O–H groups in total. The van der Waals surface area contributed by atoms with Gasteiger partial charge in [-0.2, -0.15) is 0 Å². The second-order valence-corrected chi connectivity index (χ2v) is 5.55. The highest BCUT2D eigenvalue weighted by Crippen LogP contribution is 2.40. The van der Waals surface area contributed by atoms with Crippen LogP contribution >= 0.6 is 0 Å². The maximum Gasteiger partial charge on any atom is 0.0683 e. The Hall–Kier alpha value is -0.0400. The molecule has 0 aliphatic carbocycles. The van der Waals surface area contributed by atoms with Gasteiger partial charge in [-0.1, -0.05) is 27.7 Å². The first-order chi connectivity index (χ1) is 5.61. The fourth-order valence-corrected chi connectivity index (χ4v) is 1.44. The lowest BCUT2D eigenvalue weighted by Crippen LogP contribution is -2.46. The summed E-state index contributed by atoms with van der Waals surface area (Å²) in [6.45, 7) is 17.6. The fraction of sp³-hybridized carbons (Fsp3) is 1.00. The topological polar surface area (TPSA) is 9.23 Å². The van der Waals surface area contributed by atoms with Gasteiger partial charge in [-0.3, -0.25) is 0 Å². The molecule has 80 valence electrons. The summed E-state index contributed by atoms with van der Waals surface area (Å²) in [5.74, 6) is 0.626. The molecule has 0 radical (unpaired) electrons. The summed E-state index contributed by atoms with van der Waals surface area (Å²) in [4.78, 5) is 0. The van der Waals surface area contributed by atoms with Crippen molar-refractivity contribution in [1.82, 2.24) is 0 Å². The minimum absolute atomic E-state index is 0.0602. The second-order valence-electron chi connectivity index (χ2n) is 5.55. The van der Waals surface area contributed by atoms with Crippen LogP contribution < -0.4 is 0 Å². The van der Waals surface area contributed by atoms with Crippen molar-refractivity contribution < 1.29 is 4.74 Å². The van der Waals surface area contributed by atoms with Crippen molar-refractivity contribution in [2.24, 2.45) is 11.3 Å². The smallest absolute Gasteiger partial charge is 0.0683 e. The molecule has 0 saturated heterocycles. The highest BCUT2D eigenvalue weighted by Gasteiger charge is 2.40. The van der Waals surface area contributed by atoms with Gasteiger partial charge >= 0.3 is 0 Å². The SMILES string of the molecule is CC(C)OC(C)(C)C(C)(C)C(C)C. The molecule has 1 nitrogen and oxygen atoms in total. The van der Waals surface area contributed by atoms with E-state index in [0.29, 0.717) is 12.0 Å². The number of rotatable bonds is 4. The summed E-state index contributed by atoms with van der Waals surface area (Å²) in [7, 11) is 0. The molecule has 1 heteroatoms. The second kappa shape index (κ2) is 4.00. The first kappa shape index (κ1) is 13.0. The number of ether oxygens (including phenoxy) is 1. The van der Waals surface area contributed by atoms with E-state index in [0.717, 1.165) is 0 Å². The Morgan fingerprint density at radius 3 is 1.46 bits per heavy atom. The van der Waals surface area contributed by atoms with E-state index in [-0.39, 0.29) is 11.0 Å². The van der Waals surface area contributed by atoms with Crippen LogP contribution in [0.4, 0.5) is 0 Å². The van der Waals surface area contributed by atoms with Crippen LogP contribution in [0.1, 0.15) is 55.4 Å². The van der Waals surface area contributed by atoms with E-state index in [2.05, 4.69) is 55.4 Å². The Labute approximate surface area is 83.9 Å². The predicted molar refractivity (Wildman–Crippen MR) is 58.9 cm³/mol. The summed E-state index contributed by atoms with van der Waals surface area (Å²) in [6, 6.07) is 0. The lowest BCUT2D eigenvalue weighted by atomic mass is 9.69. The summed E-state index contributed by atoms with van der Waals surface area (Å²) in [5, 5.41) is 0. The normalized spacial score (nSPS) is 14.3. The summed E-state index contributed by atoms with van der Waals surface area (Å²) < 4.78 is 5.96. The van der Waals surface area contributed by atoms with E-state index >= 15 is 0 Å². The van der Waals surface area contributed by atoms with Crippen molar-refractivity contribution in [3.05, 3.63) is 0 Å². The molecular weight excluding hydrogens is 160 g/mol. The summed E-state index contributed by atoms with van der Waals surface area (Å²) in [6.07, 6.45) is 0.299. The van der Waals surface area contributed by atoms with Crippen molar-refractivity contribution >= 4 is 0 Å². The highest BCUT2D eigenvalue weighted by atomic mass is 16.5. The van der Waals surface area contributed by atoms with Crippen LogP contribution in [0, 0.1) is 11.3 Å². The zero-order chi connectivity index (χ0) is 10.9. The van der Waals surface area contributed by atoms with Crippen molar-refractivity contribution in [1.29, 1.82) is 0 Å². The van der Waals surface area contributed by atoms with Crippen LogP contribution in [0.15, 0.2) is 0 Å². The maximum absolute atomic E-state index is 5.96. The first-order valence-corrected chi connectivity index (χ1v) is 5.29. The van der Waals surface area contributed by atoms with Gasteiger partial charge in [-0.05, 0) is 39.0 Å². The van der Waals surface area contributed by atoms with Crippen molar-refractivity contribution in [3.63, 3.8) is 0 Å². The van der Waals surface area contributed by atoms with Crippen molar-refractivity contribution in [2.45, 2.75) is 67.1 Å². The largest absolute Gasteiger partial charge is 0.372 e. The highest BCUT2D eigenvalue weighted by molar-refractivity contribution is 4.90. The average Bonchev–Trinajstić information content (AvgIpc) is 1.83. The third kappa shape index (κ3) is 2.98. The number of hydrogen-bond donors (Lipinski definition) is 0. The van der Waals surface area contributed by atoms with Crippen molar-refractivity contribution in [2.75, 3.05) is 0 Å². The van der Waals surface area contributed by atoms with Gasteiger partial charge in [0.05, 0.1) is 11.7 Å². The molecule has 13 heavy (non-hydrogen) atoms. The molecule has 0 aromatic carbocycles. The Morgan fingerprint density at radius 1 is 0.846 bits per heavy atom. The summed E-state index contributed by atoms with van der Waals surface area (Å²) in [5.41, 5.74) is 0.145. The van der Waals surface area contributed by atoms with E-state index in [1.54, 1.807) is 0 Å². The minimum atomic E-state index is -0.0602. The molecule has 0 spiro atoms. The zero-order valence-corrected chi connectivity index (χ0v) is 10.6. The lowest BCUT2D eigenvalue weighted by Gasteiger charge is -2.45. The molecule has 0 aliphatic heterocycles. The molecule has 0 fully saturated rings. The average molecular weight is 186 g/mol. The van der Waals surface area contributed by atoms with E-state index < -0.39 is 0 Å². The van der Waals surface area contributed by atoms with Crippen LogP contribution in [0.3, 0.4) is 0 Å². The molecule has 0 rings (SSSR count). The first-order valence-electron chi connectivity index (χ1n) is 5.29. The van der Waals surface area contributed by atoms with Crippen molar-refractivity contribution in [3.8, 4) is 0 Å². The minimum Gasteiger partial charge on any atom is -0.372 e. The predicted octanol–water partition coefficient (Wildman–Crippen LogP) is 3.87. The molecule has 0 aliphatic rings. The molecule has 0 aromatic heterocycles. The van der Waals surface area contributed by atoms with E-state index in [1.807, 2.05) is 0 Å². The Bertz CT molecular complexity index is 155. The fourth-order valence-electron chi connectivity index (χ4n) is 1.44. The van der Waals surface area contributed by atoms with Gasteiger partial charge in [0.2, 0.25) is 0 Å². The quantitative estimate of drug-likeness (QED) is 0.647. The van der Waals surface area contributed by atoms with Crippen LogP contribution in [-0.4, -0.2) is 11.7 Å². The molecule has 0 bridgehead atoms. The molecule has 0 unspecified atom stereocenters. The third-order valence-electron chi connectivity index (χ3n) is 3.53. The Morgan fingerprint density at radius 2 is 1.23 bits per heavy atom. The lowest BCUT2D eigenvalue weighted by molar-refractivity contribution is -0.140. The van der Waals surface area contributed by atoms with E-state index in [1.165, 1.54) is 0 Å². The van der Waals surface area contributed by atoms with Gasteiger partial charge in [-0.25, -0.2) is 0 Å². The third-order valence-corrected chi connectivity index (χ3v) is 3.53. The molecule has 0 atom stereocenters. The van der Waals surface area contributed by atoms with Crippen LogP contribution in [0.25, 0.3) is 0 Å². The summed E-state index contributed by atoms with van der Waals surface area (Å²) >= 11 is 0. The molecule has 0 aromatic rings. The van der Waals surface area contributed by atoms with E-state index in [9.17, 15) is 0 Å². The zero-order valence-electron chi connectivity index (χ0n) is 10.6. The van der Waals surface area contributed by atoms with Crippen LogP contribution in [0.2, 0.25) is 0 Å². The van der Waals surface area contributed by atoms with Gasteiger partial charge in [0.25, 0.3) is 0 Å². The van der Waals surface area contributed by atoms with E-state index in [4.69, 9.17) is 4.74 Å².